The Morgan fingerprint density at radius 3 is 2.47 bits per heavy atom. The number of carbonyl (C=O) groups is 1. The smallest absolute Gasteiger partial charge is 0.224 e. The summed E-state index contributed by atoms with van der Waals surface area (Å²) in [6, 6.07) is 0. The molecule has 1 aliphatic rings. The zero-order valence-electron chi connectivity index (χ0n) is 9.47. The molecule has 88 valence electrons. The topological polar surface area (TPSA) is 59.0 Å². The standard InChI is InChI=1S/C10H19NO4/c1-7(11-6-4-5-10(11)13)14-9(3)15-8(2)12/h7-9,12H,4-6H2,1-3H3. The van der Waals surface area contributed by atoms with E-state index in [0.717, 1.165) is 13.0 Å². The van der Waals surface area contributed by atoms with Crippen LogP contribution in [0.1, 0.15) is 33.6 Å². The maximum atomic E-state index is 11.4. The van der Waals surface area contributed by atoms with Crippen LogP contribution in [-0.4, -0.2) is 41.3 Å². The lowest BCUT2D eigenvalue weighted by molar-refractivity contribution is -0.243. The molecular weight excluding hydrogens is 198 g/mol. The second-order valence-electron chi connectivity index (χ2n) is 3.73. The minimum Gasteiger partial charge on any atom is -0.368 e. The number of hydrogen-bond acceptors (Lipinski definition) is 4. The molecule has 1 rings (SSSR count). The largest absolute Gasteiger partial charge is 0.368 e. The van der Waals surface area contributed by atoms with Crippen LogP contribution < -0.4 is 0 Å². The molecule has 0 aromatic heterocycles. The summed E-state index contributed by atoms with van der Waals surface area (Å²) in [5.74, 6) is 0.117. The van der Waals surface area contributed by atoms with E-state index in [-0.39, 0.29) is 12.1 Å². The van der Waals surface area contributed by atoms with Crippen LogP contribution in [0.15, 0.2) is 0 Å². The Kier molecular flexibility index (Phi) is 4.50. The maximum absolute atomic E-state index is 11.4. The van der Waals surface area contributed by atoms with Crippen molar-refractivity contribution < 1.29 is 19.4 Å². The fourth-order valence-electron chi connectivity index (χ4n) is 1.71. The van der Waals surface area contributed by atoms with Gasteiger partial charge in [-0.1, -0.05) is 0 Å². The Balaban J connectivity index is 2.34. The average molecular weight is 217 g/mol. The Labute approximate surface area is 90.0 Å². The molecule has 15 heavy (non-hydrogen) atoms. The number of rotatable bonds is 5. The summed E-state index contributed by atoms with van der Waals surface area (Å²) in [5, 5.41) is 8.97. The lowest BCUT2D eigenvalue weighted by atomic mass is 10.4. The molecule has 0 radical (unpaired) electrons. The quantitative estimate of drug-likeness (QED) is 0.688. The monoisotopic (exact) mass is 217 g/mol. The van der Waals surface area contributed by atoms with E-state index in [4.69, 9.17) is 14.6 Å². The van der Waals surface area contributed by atoms with Gasteiger partial charge in [-0.3, -0.25) is 4.79 Å². The van der Waals surface area contributed by atoms with Gasteiger partial charge in [-0.05, 0) is 27.2 Å². The first-order valence-electron chi connectivity index (χ1n) is 5.29. The first-order chi connectivity index (χ1) is 7.00. The van der Waals surface area contributed by atoms with Gasteiger partial charge in [0.25, 0.3) is 0 Å². The molecule has 0 saturated carbocycles. The van der Waals surface area contributed by atoms with Crippen molar-refractivity contribution in [3.05, 3.63) is 0 Å². The zero-order chi connectivity index (χ0) is 11.4. The molecule has 0 aromatic carbocycles. The van der Waals surface area contributed by atoms with Crippen molar-refractivity contribution in [1.29, 1.82) is 0 Å². The summed E-state index contributed by atoms with van der Waals surface area (Å²) in [7, 11) is 0. The van der Waals surface area contributed by atoms with E-state index in [9.17, 15) is 4.79 Å². The number of ether oxygens (including phenoxy) is 2. The van der Waals surface area contributed by atoms with E-state index in [1.165, 1.54) is 6.92 Å². The molecule has 1 heterocycles. The highest BCUT2D eigenvalue weighted by atomic mass is 16.7. The molecular formula is C10H19NO4. The normalized spacial score (nSPS) is 22.9. The number of carbonyl (C=O) groups excluding carboxylic acids is 1. The second kappa shape index (κ2) is 5.44. The van der Waals surface area contributed by atoms with Crippen LogP contribution in [0.5, 0.6) is 0 Å². The van der Waals surface area contributed by atoms with Crippen LogP contribution in [0.4, 0.5) is 0 Å². The van der Waals surface area contributed by atoms with E-state index in [2.05, 4.69) is 0 Å². The lowest BCUT2D eigenvalue weighted by Gasteiger charge is -2.27. The predicted octanol–water partition coefficient (Wildman–Crippen LogP) is 0.672. The Morgan fingerprint density at radius 2 is 2.00 bits per heavy atom. The van der Waals surface area contributed by atoms with Crippen LogP contribution in [0.3, 0.4) is 0 Å². The number of amides is 1. The van der Waals surface area contributed by atoms with Crippen molar-refractivity contribution in [1.82, 2.24) is 4.90 Å². The van der Waals surface area contributed by atoms with Crippen LogP contribution in [0.2, 0.25) is 0 Å². The molecule has 0 aliphatic carbocycles. The molecule has 1 N–H and O–H groups in total. The number of aliphatic hydroxyl groups is 1. The molecule has 1 aliphatic heterocycles. The summed E-state index contributed by atoms with van der Waals surface area (Å²) in [5.41, 5.74) is 0. The van der Waals surface area contributed by atoms with Crippen molar-refractivity contribution in [3.8, 4) is 0 Å². The minimum atomic E-state index is -0.860. The number of nitrogens with zero attached hydrogens (tertiary/aromatic N) is 1. The van der Waals surface area contributed by atoms with Gasteiger partial charge in [0.1, 0.15) is 6.23 Å². The minimum absolute atomic E-state index is 0.117. The van der Waals surface area contributed by atoms with Gasteiger partial charge < -0.3 is 19.5 Å². The van der Waals surface area contributed by atoms with Crippen molar-refractivity contribution in [2.75, 3.05) is 6.54 Å². The highest BCUT2D eigenvalue weighted by molar-refractivity contribution is 5.78. The lowest BCUT2D eigenvalue weighted by Crippen LogP contribution is -2.39. The Bertz CT molecular complexity index is 219. The Hall–Kier alpha value is -0.650. The number of aliphatic hydroxyl groups excluding tert-OH is 1. The van der Waals surface area contributed by atoms with Gasteiger partial charge >= 0.3 is 0 Å². The average Bonchev–Trinajstić information content (AvgIpc) is 2.49. The molecule has 0 spiro atoms. The highest BCUT2D eigenvalue weighted by Crippen LogP contribution is 2.15. The molecule has 5 nitrogen and oxygen atoms in total. The van der Waals surface area contributed by atoms with Crippen LogP contribution >= 0.6 is 0 Å². The molecule has 0 bridgehead atoms. The highest BCUT2D eigenvalue weighted by Gasteiger charge is 2.26. The van der Waals surface area contributed by atoms with Gasteiger partial charge in [0, 0.05) is 13.0 Å². The molecule has 3 unspecified atom stereocenters. The van der Waals surface area contributed by atoms with Gasteiger partial charge in [0.05, 0.1) is 0 Å². The van der Waals surface area contributed by atoms with E-state index in [0.29, 0.717) is 6.42 Å². The zero-order valence-corrected chi connectivity index (χ0v) is 9.47. The molecule has 0 aromatic rings. The van der Waals surface area contributed by atoms with Crippen LogP contribution in [-0.2, 0) is 14.3 Å². The summed E-state index contributed by atoms with van der Waals surface area (Å²) in [6.45, 7) is 5.77. The first-order valence-corrected chi connectivity index (χ1v) is 5.29. The number of hydrogen-bond donors (Lipinski definition) is 1. The van der Waals surface area contributed by atoms with Gasteiger partial charge in [-0.25, -0.2) is 0 Å². The van der Waals surface area contributed by atoms with Crippen molar-refractivity contribution >= 4 is 5.91 Å². The van der Waals surface area contributed by atoms with Crippen molar-refractivity contribution in [2.24, 2.45) is 0 Å². The summed E-state index contributed by atoms with van der Waals surface area (Å²) in [4.78, 5) is 13.1. The maximum Gasteiger partial charge on any atom is 0.224 e. The van der Waals surface area contributed by atoms with E-state index >= 15 is 0 Å². The van der Waals surface area contributed by atoms with Crippen LogP contribution in [0.25, 0.3) is 0 Å². The molecule has 1 saturated heterocycles. The van der Waals surface area contributed by atoms with E-state index in [1.807, 2.05) is 6.92 Å². The first kappa shape index (κ1) is 12.4. The number of likely N-dealkylation sites (tertiary alicyclic amines) is 1. The molecule has 1 fully saturated rings. The van der Waals surface area contributed by atoms with E-state index in [1.54, 1.807) is 11.8 Å². The Morgan fingerprint density at radius 1 is 1.33 bits per heavy atom. The fraction of sp³-hybridized carbons (Fsp3) is 0.900. The van der Waals surface area contributed by atoms with Gasteiger partial charge in [-0.15, -0.1) is 0 Å². The second-order valence-corrected chi connectivity index (χ2v) is 3.73. The fourth-order valence-corrected chi connectivity index (χ4v) is 1.71. The summed E-state index contributed by atoms with van der Waals surface area (Å²) in [6.07, 6.45) is -0.194. The van der Waals surface area contributed by atoms with Gasteiger partial charge in [0.2, 0.25) is 5.91 Å². The third-order valence-corrected chi connectivity index (χ3v) is 2.33. The summed E-state index contributed by atoms with van der Waals surface area (Å²) < 4.78 is 10.4. The van der Waals surface area contributed by atoms with Crippen molar-refractivity contribution in [2.45, 2.75) is 52.4 Å². The summed E-state index contributed by atoms with van der Waals surface area (Å²) >= 11 is 0. The molecule has 1 amide bonds. The molecule has 5 heteroatoms. The molecule has 3 atom stereocenters. The van der Waals surface area contributed by atoms with Gasteiger partial charge in [0.15, 0.2) is 12.6 Å². The third-order valence-electron chi connectivity index (χ3n) is 2.33. The van der Waals surface area contributed by atoms with Gasteiger partial charge in [-0.2, -0.15) is 0 Å². The van der Waals surface area contributed by atoms with Crippen LogP contribution in [0, 0.1) is 0 Å². The SMILES string of the molecule is CC(O)OC(C)OC(C)N1CCCC1=O. The predicted molar refractivity (Wildman–Crippen MR) is 53.7 cm³/mol. The van der Waals surface area contributed by atoms with Crippen molar-refractivity contribution in [3.63, 3.8) is 0 Å². The van der Waals surface area contributed by atoms with E-state index < -0.39 is 12.6 Å². The third kappa shape index (κ3) is 3.77.